The van der Waals surface area contributed by atoms with Crippen LogP contribution in [-0.4, -0.2) is 51.1 Å². The Labute approximate surface area is 189 Å². The number of nitrogens with one attached hydrogen (secondary N) is 2. The zero-order valence-corrected chi connectivity index (χ0v) is 18.7. The molecule has 3 aromatic heterocycles. The van der Waals surface area contributed by atoms with Crippen molar-refractivity contribution in [3.8, 4) is 11.8 Å². The Kier molecular flexibility index (Phi) is 4.25. The quantitative estimate of drug-likeness (QED) is 0.435. The molecule has 2 fully saturated rings. The molecule has 1 aliphatic heterocycles. The van der Waals surface area contributed by atoms with Crippen LogP contribution in [0, 0.1) is 24.1 Å². The number of nitrogens with zero attached hydrogens (tertiary/aromatic N) is 5. The number of H-pyrrole nitrogens is 1. The van der Waals surface area contributed by atoms with Crippen molar-refractivity contribution in [3.05, 3.63) is 36.2 Å². The largest absolute Gasteiger partial charge is 0.421 e. The van der Waals surface area contributed by atoms with Gasteiger partial charge in [-0.3, -0.25) is 0 Å². The number of rotatable bonds is 4. The molecule has 0 amide bonds. The Bertz CT molecular complexity index is 1390. The molecule has 0 radical (unpaired) electrons. The predicted molar refractivity (Wildman–Crippen MR) is 124 cm³/mol. The average Bonchev–Trinajstić information content (AvgIpc) is 3.28. The van der Waals surface area contributed by atoms with Gasteiger partial charge in [0.2, 0.25) is 0 Å². The lowest BCUT2D eigenvalue weighted by molar-refractivity contribution is 0.0771. The van der Waals surface area contributed by atoms with Gasteiger partial charge in [-0.15, -0.1) is 0 Å². The predicted octanol–water partition coefficient (Wildman–Crippen LogP) is 3.36. The van der Waals surface area contributed by atoms with E-state index in [1.807, 2.05) is 0 Å². The monoisotopic (exact) mass is 448 g/mol. The van der Waals surface area contributed by atoms with E-state index in [0.29, 0.717) is 34.6 Å². The molecule has 1 saturated heterocycles. The molecular formula is C23H25FN8O. The first-order chi connectivity index (χ1) is 15.8. The molecule has 2 aliphatic rings. The molecule has 1 aromatic carbocycles. The third kappa shape index (κ3) is 3.08. The smallest absolute Gasteiger partial charge is 0.326 e. The standard InChI is InChI=1S/C23H25FN8O/c1-11-27-7-13(8-28-11)33-22-30-20-18(14-4-12(24)5-17(26-3)19(14)29-20)21(31-22)32-9-15-16(25)6-23(15,2)10-32/h4-5,7-8,15-16,26H,6,9-10,25H2,1-3H3,(H,29,30,31)/t15-,16-,23-/m0/s1. The van der Waals surface area contributed by atoms with Crippen LogP contribution in [0.15, 0.2) is 24.5 Å². The first-order valence-corrected chi connectivity index (χ1v) is 11.0. The van der Waals surface area contributed by atoms with Gasteiger partial charge >= 0.3 is 6.01 Å². The fourth-order valence-electron chi connectivity index (χ4n) is 5.46. The van der Waals surface area contributed by atoms with Crippen LogP contribution in [0.3, 0.4) is 0 Å². The van der Waals surface area contributed by atoms with Crippen molar-refractivity contribution in [3.63, 3.8) is 0 Å². The van der Waals surface area contributed by atoms with Crippen LogP contribution in [0.4, 0.5) is 15.9 Å². The second-order valence-electron chi connectivity index (χ2n) is 9.38. The van der Waals surface area contributed by atoms with Gasteiger partial charge in [-0.2, -0.15) is 9.97 Å². The number of hydrogen-bond donors (Lipinski definition) is 3. The first kappa shape index (κ1) is 20.1. The van der Waals surface area contributed by atoms with Crippen molar-refractivity contribution in [2.24, 2.45) is 17.1 Å². The zero-order valence-electron chi connectivity index (χ0n) is 18.7. The van der Waals surface area contributed by atoms with Crippen LogP contribution < -0.4 is 20.7 Å². The lowest BCUT2D eigenvalue weighted by Gasteiger charge is -2.46. The number of ether oxygens (including phenoxy) is 1. The molecule has 4 heterocycles. The molecule has 4 aromatic rings. The maximum Gasteiger partial charge on any atom is 0.326 e. The van der Waals surface area contributed by atoms with Gasteiger partial charge in [-0.25, -0.2) is 14.4 Å². The molecule has 3 atom stereocenters. The van der Waals surface area contributed by atoms with Crippen LogP contribution in [-0.2, 0) is 0 Å². The number of fused-ring (bicyclic) bond motifs is 4. The van der Waals surface area contributed by atoms with Gasteiger partial charge in [0.15, 0.2) is 5.75 Å². The first-order valence-electron chi connectivity index (χ1n) is 11.0. The van der Waals surface area contributed by atoms with Crippen molar-refractivity contribution in [1.29, 1.82) is 0 Å². The Morgan fingerprint density at radius 1 is 1.27 bits per heavy atom. The summed E-state index contributed by atoms with van der Waals surface area (Å²) in [6.07, 6.45) is 4.16. The van der Waals surface area contributed by atoms with Gasteiger partial charge in [0.25, 0.3) is 0 Å². The highest BCUT2D eigenvalue weighted by atomic mass is 19.1. The van der Waals surface area contributed by atoms with E-state index in [4.69, 9.17) is 15.5 Å². The molecule has 6 rings (SSSR count). The Hall–Kier alpha value is -3.53. The van der Waals surface area contributed by atoms with Crippen LogP contribution in [0.2, 0.25) is 0 Å². The normalized spacial score (nSPS) is 24.2. The van der Waals surface area contributed by atoms with Crippen molar-refractivity contribution < 1.29 is 9.13 Å². The fraction of sp³-hybridized carbons (Fsp3) is 0.391. The van der Waals surface area contributed by atoms with Crippen LogP contribution >= 0.6 is 0 Å². The number of aromatic amines is 1. The number of benzene rings is 1. The molecule has 1 saturated carbocycles. The summed E-state index contributed by atoms with van der Waals surface area (Å²) in [4.78, 5) is 23.3. The van der Waals surface area contributed by atoms with Crippen LogP contribution in [0.25, 0.3) is 21.9 Å². The average molecular weight is 449 g/mol. The van der Waals surface area contributed by atoms with Crippen molar-refractivity contribution in [2.75, 3.05) is 30.4 Å². The topological polar surface area (TPSA) is 118 Å². The second-order valence-corrected chi connectivity index (χ2v) is 9.38. The summed E-state index contributed by atoms with van der Waals surface area (Å²) in [6.45, 7) is 5.69. The minimum absolute atomic E-state index is 0.149. The lowest BCUT2D eigenvalue weighted by atomic mass is 9.60. The van der Waals surface area contributed by atoms with E-state index in [9.17, 15) is 4.39 Å². The van der Waals surface area contributed by atoms with Crippen LogP contribution in [0.1, 0.15) is 19.2 Å². The third-order valence-corrected chi connectivity index (χ3v) is 7.10. The minimum Gasteiger partial charge on any atom is -0.421 e. The lowest BCUT2D eigenvalue weighted by Crippen LogP contribution is -2.53. The maximum atomic E-state index is 14.5. The van der Waals surface area contributed by atoms with Gasteiger partial charge in [0, 0.05) is 31.6 Å². The van der Waals surface area contributed by atoms with Gasteiger partial charge < -0.3 is 25.7 Å². The van der Waals surface area contributed by atoms with E-state index in [1.54, 1.807) is 26.4 Å². The molecule has 10 heteroatoms. The number of hydrogen-bond acceptors (Lipinski definition) is 8. The molecule has 9 nitrogen and oxygen atoms in total. The Morgan fingerprint density at radius 2 is 2.06 bits per heavy atom. The molecule has 0 bridgehead atoms. The van der Waals surface area contributed by atoms with Gasteiger partial charge in [0.1, 0.15) is 23.1 Å². The van der Waals surface area contributed by atoms with Crippen molar-refractivity contribution in [2.45, 2.75) is 26.3 Å². The summed E-state index contributed by atoms with van der Waals surface area (Å²) in [5.74, 6) is 1.87. The number of aryl methyl sites for hydroxylation is 1. The molecule has 170 valence electrons. The van der Waals surface area contributed by atoms with E-state index < -0.39 is 0 Å². The highest BCUT2D eigenvalue weighted by Crippen LogP contribution is 2.52. The summed E-state index contributed by atoms with van der Waals surface area (Å²) in [5.41, 5.74) is 8.46. The van der Waals surface area contributed by atoms with E-state index in [1.165, 1.54) is 12.1 Å². The van der Waals surface area contributed by atoms with Gasteiger partial charge in [0.05, 0.1) is 29.0 Å². The minimum atomic E-state index is -0.327. The highest BCUT2D eigenvalue weighted by Gasteiger charge is 2.55. The van der Waals surface area contributed by atoms with Crippen LogP contribution in [0.5, 0.6) is 11.8 Å². The summed E-state index contributed by atoms with van der Waals surface area (Å²) >= 11 is 0. The summed E-state index contributed by atoms with van der Waals surface area (Å²) in [5, 5.41) is 4.55. The SMILES string of the molecule is CNc1cc(F)cc2c1[nH]c1nc(Oc3cnc(C)nc3)nc(N3C[C@H]4[C@@H](N)C[C@@]4(C)C3)c12. The molecule has 4 N–H and O–H groups in total. The number of halogens is 1. The highest BCUT2D eigenvalue weighted by molar-refractivity contribution is 6.14. The zero-order chi connectivity index (χ0) is 22.9. The molecule has 0 spiro atoms. The maximum absolute atomic E-state index is 14.5. The van der Waals surface area contributed by atoms with E-state index in [-0.39, 0.29) is 23.3 Å². The Balaban J connectivity index is 1.54. The number of anilines is 2. The molecule has 0 unspecified atom stereocenters. The van der Waals surface area contributed by atoms with Gasteiger partial charge in [-0.05, 0) is 36.8 Å². The van der Waals surface area contributed by atoms with Gasteiger partial charge in [-0.1, -0.05) is 6.92 Å². The summed E-state index contributed by atoms with van der Waals surface area (Å²) in [7, 11) is 1.76. The fourth-order valence-corrected chi connectivity index (χ4v) is 5.46. The number of aromatic nitrogens is 5. The van der Waals surface area contributed by atoms with E-state index in [2.05, 4.69) is 37.1 Å². The molecule has 33 heavy (non-hydrogen) atoms. The van der Waals surface area contributed by atoms with Crippen molar-refractivity contribution in [1.82, 2.24) is 24.9 Å². The second kappa shape index (κ2) is 6.98. The molecular weight excluding hydrogens is 423 g/mol. The third-order valence-electron chi connectivity index (χ3n) is 7.10. The number of nitrogens with two attached hydrogens (primary N) is 1. The van der Waals surface area contributed by atoms with E-state index >= 15 is 0 Å². The van der Waals surface area contributed by atoms with E-state index in [0.717, 1.165) is 35.8 Å². The summed E-state index contributed by atoms with van der Waals surface area (Å²) < 4.78 is 20.4. The summed E-state index contributed by atoms with van der Waals surface area (Å²) in [6, 6.07) is 3.35. The molecule has 1 aliphatic carbocycles. The Morgan fingerprint density at radius 3 is 2.76 bits per heavy atom. The van der Waals surface area contributed by atoms with Crippen molar-refractivity contribution >= 4 is 33.4 Å².